The van der Waals surface area contributed by atoms with Crippen LogP contribution in [0.4, 0.5) is 5.69 Å². The van der Waals surface area contributed by atoms with Gasteiger partial charge < -0.3 is 9.73 Å². The molecule has 0 aliphatic rings. The predicted molar refractivity (Wildman–Crippen MR) is 64.7 cm³/mol. The molecule has 2 rings (SSSR count). The van der Waals surface area contributed by atoms with Crippen molar-refractivity contribution >= 4 is 17.3 Å². The SMILES string of the molecule is Cc1nc(Cl)ccc1NCc1ccc(C#N)o1. The number of pyridine rings is 1. The van der Waals surface area contributed by atoms with Gasteiger partial charge in [-0.15, -0.1) is 0 Å². The van der Waals surface area contributed by atoms with Crippen LogP contribution in [0.15, 0.2) is 28.7 Å². The first kappa shape index (κ1) is 11.5. The molecule has 86 valence electrons. The summed E-state index contributed by atoms with van der Waals surface area (Å²) in [5.74, 6) is 1.02. The van der Waals surface area contributed by atoms with Crippen molar-refractivity contribution in [3.05, 3.63) is 46.6 Å². The molecule has 17 heavy (non-hydrogen) atoms. The van der Waals surface area contributed by atoms with Crippen molar-refractivity contribution in [2.45, 2.75) is 13.5 Å². The molecule has 2 aromatic heterocycles. The van der Waals surface area contributed by atoms with Crippen LogP contribution in [0.5, 0.6) is 0 Å². The van der Waals surface area contributed by atoms with E-state index < -0.39 is 0 Å². The highest BCUT2D eigenvalue weighted by molar-refractivity contribution is 6.29. The second kappa shape index (κ2) is 4.89. The summed E-state index contributed by atoms with van der Waals surface area (Å²) in [4.78, 5) is 4.13. The van der Waals surface area contributed by atoms with Gasteiger partial charge in [0.05, 0.1) is 17.9 Å². The first-order valence-corrected chi connectivity index (χ1v) is 5.42. The second-order valence-corrected chi connectivity index (χ2v) is 3.89. The van der Waals surface area contributed by atoms with Gasteiger partial charge in [-0.1, -0.05) is 11.6 Å². The van der Waals surface area contributed by atoms with E-state index in [1.54, 1.807) is 18.2 Å². The Bertz CT molecular complexity index is 571. The van der Waals surface area contributed by atoms with Crippen LogP contribution < -0.4 is 5.32 Å². The Labute approximate surface area is 104 Å². The molecular weight excluding hydrogens is 238 g/mol. The number of aryl methyl sites for hydroxylation is 1. The summed E-state index contributed by atoms with van der Waals surface area (Å²) in [6, 6.07) is 8.93. The highest BCUT2D eigenvalue weighted by Crippen LogP contribution is 2.17. The Morgan fingerprint density at radius 3 is 2.88 bits per heavy atom. The third-order valence-electron chi connectivity index (χ3n) is 2.28. The highest BCUT2D eigenvalue weighted by atomic mass is 35.5. The molecule has 0 fully saturated rings. The van der Waals surface area contributed by atoms with E-state index in [4.69, 9.17) is 21.3 Å². The van der Waals surface area contributed by atoms with Gasteiger partial charge in [0, 0.05) is 0 Å². The summed E-state index contributed by atoms with van der Waals surface area (Å²) in [7, 11) is 0. The molecule has 4 nitrogen and oxygen atoms in total. The lowest BCUT2D eigenvalue weighted by Gasteiger charge is -2.07. The lowest BCUT2D eigenvalue weighted by atomic mass is 10.3. The van der Waals surface area contributed by atoms with E-state index >= 15 is 0 Å². The average Bonchev–Trinajstić information content (AvgIpc) is 2.76. The van der Waals surface area contributed by atoms with Gasteiger partial charge >= 0.3 is 0 Å². The normalized spacial score (nSPS) is 9.94. The van der Waals surface area contributed by atoms with E-state index in [1.165, 1.54) is 0 Å². The molecular formula is C12H10ClN3O. The van der Waals surface area contributed by atoms with Gasteiger partial charge in [-0.25, -0.2) is 4.98 Å². The standard InChI is InChI=1S/C12H10ClN3O/c1-8-11(4-5-12(13)16-8)15-7-10-3-2-9(6-14)17-10/h2-5,15H,7H2,1H3. The Kier molecular flexibility index (Phi) is 3.31. The van der Waals surface area contributed by atoms with E-state index in [9.17, 15) is 0 Å². The van der Waals surface area contributed by atoms with Crippen LogP contribution in [0, 0.1) is 18.3 Å². The van der Waals surface area contributed by atoms with Crippen LogP contribution in [0.1, 0.15) is 17.2 Å². The number of nitriles is 1. The Morgan fingerprint density at radius 2 is 2.24 bits per heavy atom. The lowest BCUT2D eigenvalue weighted by molar-refractivity contribution is 0.506. The summed E-state index contributed by atoms with van der Waals surface area (Å²) in [5, 5.41) is 12.3. The largest absolute Gasteiger partial charge is 0.449 e. The monoisotopic (exact) mass is 247 g/mol. The van der Waals surface area contributed by atoms with Crippen molar-refractivity contribution in [2.75, 3.05) is 5.32 Å². The summed E-state index contributed by atoms with van der Waals surface area (Å²) in [6.07, 6.45) is 0. The van der Waals surface area contributed by atoms with Gasteiger partial charge in [0.1, 0.15) is 17.0 Å². The number of hydrogen-bond acceptors (Lipinski definition) is 4. The molecule has 2 aromatic rings. The molecule has 0 unspecified atom stereocenters. The Hall–Kier alpha value is -1.99. The number of hydrogen-bond donors (Lipinski definition) is 1. The number of furan rings is 1. The molecule has 0 aliphatic heterocycles. The lowest BCUT2D eigenvalue weighted by Crippen LogP contribution is -2.01. The van der Waals surface area contributed by atoms with Crippen LogP contribution in [-0.2, 0) is 6.54 Å². The zero-order valence-corrected chi connectivity index (χ0v) is 9.95. The molecule has 0 saturated carbocycles. The summed E-state index contributed by atoms with van der Waals surface area (Å²) in [5.41, 5.74) is 1.72. The van der Waals surface area contributed by atoms with E-state index in [-0.39, 0.29) is 0 Å². The zero-order valence-electron chi connectivity index (χ0n) is 9.20. The topological polar surface area (TPSA) is 61.9 Å². The second-order valence-electron chi connectivity index (χ2n) is 3.50. The zero-order chi connectivity index (χ0) is 12.3. The smallest absolute Gasteiger partial charge is 0.203 e. The number of nitrogens with zero attached hydrogens (tertiary/aromatic N) is 2. The van der Waals surface area contributed by atoms with Crippen molar-refractivity contribution in [2.24, 2.45) is 0 Å². The number of aromatic nitrogens is 1. The van der Waals surface area contributed by atoms with Crippen LogP contribution in [-0.4, -0.2) is 4.98 Å². The van der Waals surface area contributed by atoms with Crippen LogP contribution in [0.3, 0.4) is 0 Å². The Morgan fingerprint density at radius 1 is 1.41 bits per heavy atom. The molecule has 0 spiro atoms. The minimum atomic E-state index is 0.313. The summed E-state index contributed by atoms with van der Waals surface area (Å²) >= 11 is 5.76. The van der Waals surface area contributed by atoms with E-state index in [2.05, 4.69) is 10.3 Å². The van der Waals surface area contributed by atoms with E-state index in [0.717, 1.165) is 11.4 Å². The first-order chi connectivity index (χ1) is 8.19. The molecule has 0 bridgehead atoms. The molecule has 0 atom stereocenters. The van der Waals surface area contributed by atoms with E-state index in [0.29, 0.717) is 23.2 Å². The van der Waals surface area contributed by atoms with Crippen LogP contribution in [0.25, 0.3) is 0 Å². The molecule has 2 heterocycles. The van der Waals surface area contributed by atoms with Crippen LogP contribution >= 0.6 is 11.6 Å². The van der Waals surface area contributed by atoms with Crippen LogP contribution in [0.2, 0.25) is 5.15 Å². The third kappa shape index (κ3) is 2.77. The number of anilines is 1. The summed E-state index contributed by atoms with van der Waals surface area (Å²) < 4.78 is 5.25. The number of rotatable bonds is 3. The summed E-state index contributed by atoms with van der Waals surface area (Å²) in [6.45, 7) is 2.38. The predicted octanol–water partition coefficient (Wildman–Crippen LogP) is 3.12. The maximum absolute atomic E-state index is 8.62. The molecule has 0 saturated heterocycles. The van der Waals surface area contributed by atoms with Crippen molar-refractivity contribution in [3.8, 4) is 6.07 Å². The number of halogens is 1. The maximum atomic E-state index is 8.62. The van der Waals surface area contributed by atoms with Gasteiger partial charge in [-0.2, -0.15) is 5.26 Å². The molecule has 5 heteroatoms. The highest BCUT2D eigenvalue weighted by Gasteiger charge is 2.03. The van der Waals surface area contributed by atoms with Gasteiger partial charge in [-0.3, -0.25) is 0 Å². The minimum Gasteiger partial charge on any atom is -0.449 e. The molecule has 0 radical (unpaired) electrons. The molecule has 1 N–H and O–H groups in total. The minimum absolute atomic E-state index is 0.313. The van der Waals surface area contributed by atoms with Gasteiger partial charge in [0.15, 0.2) is 0 Å². The van der Waals surface area contributed by atoms with Gasteiger partial charge in [0.25, 0.3) is 0 Å². The fourth-order valence-electron chi connectivity index (χ4n) is 1.43. The average molecular weight is 248 g/mol. The molecule has 0 aromatic carbocycles. The maximum Gasteiger partial charge on any atom is 0.203 e. The first-order valence-electron chi connectivity index (χ1n) is 5.05. The Balaban J connectivity index is 2.05. The van der Waals surface area contributed by atoms with E-state index in [1.807, 2.05) is 19.1 Å². The fourth-order valence-corrected chi connectivity index (χ4v) is 1.62. The van der Waals surface area contributed by atoms with Crippen molar-refractivity contribution in [3.63, 3.8) is 0 Å². The van der Waals surface area contributed by atoms with Crippen molar-refractivity contribution < 1.29 is 4.42 Å². The van der Waals surface area contributed by atoms with Crippen molar-refractivity contribution in [1.82, 2.24) is 4.98 Å². The quantitative estimate of drug-likeness (QED) is 0.847. The van der Waals surface area contributed by atoms with Gasteiger partial charge in [0.2, 0.25) is 5.76 Å². The fraction of sp³-hybridized carbons (Fsp3) is 0.167. The molecule has 0 amide bonds. The van der Waals surface area contributed by atoms with Gasteiger partial charge in [-0.05, 0) is 31.2 Å². The number of nitrogens with one attached hydrogen (secondary N) is 1. The third-order valence-corrected chi connectivity index (χ3v) is 2.49. The van der Waals surface area contributed by atoms with Crippen molar-refractivity contribution in [1.29, 1.82) is 5.26 Å². The molecule has 0 aliphatic carbocycles.